The number of urea groups is 1. The monoisotopic (exact) mass is 384 g/mol. The molecule has 0 bridgehead atoms. The lowest BCUT2D eigenvalue weighted by Crippen LogP contribution is -2.52. The number of piperidine rings is 1. The van der Waals surface area contributed by atoms with Crippen molar-refractivity contribution < 1.29 is 18.8 Å². The third-order valence-corrected chi connectivity index (χ3v) is 4.85. The zero-order valence-electron chi connectivity index (χ0n) is 15.7. The summed E-state index contributed by atoms with van der Waals surface area (Å²) in [6, 6.07) is 10.9. The Morgan fingerprint density at radius 2 is 1.79 bits per heavy atom. The molecule has 0 radical (unpaired) electrons. The summed E-state index contributed by atoms with van der Waals surface area (Å²) < 4.78 is 5.07. The number of rotatable bonds is 4. The van der Waals surface area contributed by atoms with Crippen molar-refractivity contribution in [2.45, 2.75) is 26.3 Å². The number of likely N-dealkylation sites (tertiary alicyclic amines) is 1. The minimum absolute atomic E-state index is 0.00708. The molecule has 1 aromatic heterocycles. The molecule has 3 rings (SSSR count). The lowest BCUT2D eigenvalue weighted by atomic mass is 9.96. The third kappa shape index (κ3) is 4.91. The summed E-state index contributed by atoms with van der Waals surface area (Å²) in [6.07, 6.45) is 2.59. The Kier molecular flexibility index (Phi) is 6.31. The predicted octanol–water partition coefficient (Wildman–Crippen LogP) is 1.97. The van der Waals surface area contributed by atoms with Crippen molar-refractivity contribution in [3.05, 3.63) is 59.5 Å². The molecule has 8 heteroatoms. The molecule has 1 aliphatic rings. The Hall–Kier alpha value is -3.29. The highest BCUT2D eigenvalue weighted by Crippen LogP contribution is 2.17. The number of nitrogens with zero attached hydrogens (tertiary/aromatic N) is 1. The number of aryl methyl sites for hydroxylation is 1. The van der Waals surface area contributed by atoms with E-state index in [0.29, 0.717) is 43.8 Å². The maximum Gasteiger partial charge on any atom is 0.336 e. The molecular weight excluding hydrogens is 360 g/mol. The SMILES string of the molecule is Cc1occc1C(=O)NNC(=O)N1CCC(C(=O)NCc2ccccc2)CC1. The second kappa shape index (κ2) is 9.07. The van der Waals surface area contributed by atoms with E-state index in [1.165, 1.54) is 12.3 Å². The molecule has 3 N–H and O–H groups in total. The first-order valence-electron chi connectivity index (χ1n) is 9.25. The first kappa shape index (κ1) is 19.5. The van der Waals surface area contributed by atoms with Crippen LogP contribution in [0.5, 0.6) is 0 Å². The van der Waals surface area contributed by atoms with Crippen LogP contribution >= 0.6 is 0 Å². The van der Waals surface area contributed by atoms with Crippen molar-refractivity contribution in [3.63, 3.8) is 0 Å². The Labute approximate surface area is 163 Å². The summed E-state index contributed by atoms with van der Waals surface area (Å²) in [7, 11) is 0. The van der Waals surface area contributed by atoms with Gasteiger partial charge in [0, 0.05) is 25.6 Å². The number of hydrazine groups is 1. The van der Waals surface area contributed by atoms with Crippen LogP contribution in [-0.4, -0.2) is 35.8 Å². The van der Waals surface area contributed by atoms with Gasteiger partial charge in [0.15, 0.2) is 0 Å². The fourth-order valence-corrected chi connectivity index (χ4v) is 3.15. The van der Waals surface area contributed by atoms with E-state index in [9.17, 15) is 14.4 Å². The van der Waals surface area contributed by atoms with Crippen molar-refractivity contribution in [2.24, 2.45) is 5.92 Å². The predicted molar refractivity (Wildman–Crippen MR) is 102 cm³/mol. The fraction of sp³-hybridized carbons (Fsp3) is 0.350. The van der Waals surface area contributed by atoms with E-state index in [-0.39, 0.29) is 11.8 Å². The molecule has 148 valence electrons. The quantitative estimate of drug-likeness (QED) is 0.701. The average molecular weight is 384 g/mol. The maximum atomic E-state index is 12.3. The maximum absolute atomic E-state index is 12.3. The van der Waals surface area contributed by atoms with Gasteiger partial charge >= 0.3 is 6.03 Å². The molecule has 1 aromatic carbocycles. The van der Waals surface area contributed by atoms with Gasteiger partial charge in [0.2, 0.25) is 5.91 Å². The fourth-order valence-electron chi connectivity index (χ4n) is 3.15. The number of carbonyl (C=O) groups is 3. The highest BCUT2D eigenvalue weighted by molar-refractivity contribution is 5.96. The smallest absolute Gasteiger partial charge is 0.336 e. The highest BCUT2D eigenvalue weighted by atomic mass is 16.3. The van der Waals surface area contributed by atoms with Crippen LogP contribution in [0.3, 0.4) is 0 Å². The molecule has 8 nitrogen and oxygen atoms in total. The van der Waals surface area contributed by atoms with Gasteiger partial charge in [-0.1, -0.05) is 30.3 Å². The molecule has 2 aromatic rings. The molecular formula is C20H24N4O4. The zero-order valence-corrected chi connectivity index (χ0v) is 15.7. The number of benzene rings is 1. The van der Waals surface area contributed by atoms with Gasteiger partial charge in [-0.2, -0.15) is 0 Å². The topological polar surface area (TPSA) is 104 Å². The van der Waals surface area contributed by atoms with E-state index in [0.717, 1.165) is 5.56 Å². The summed E-state index contributed by atoms with van der Waals surface area (Å²) in [6.45, 7) is 3.08. The van der Waals surface area contributed by atoms with E-state index >= 15 is 0 Å². The first-order chi connectivity index (χ1) is 13.5. The number of hydrogen-bond acceptors (Lipinski definition) is 4. The van der Waals surface area contributed by atoms with Crippen LogP contribution in [0.2, 0.25) is 0 Å². The summed E-state index contributed by atoms with van der Waals surface area (Å²) in [5.74, 6) is -0.0626. The van der Waals surface area contributed by atoms with Crippen LogP contribution in [0.25, 0.3) is 0 Å². The van der Waals surface area contributed by atoms with Crippen molar-refractivity contribution in [1.82, 2.24) is 21.1 Å². The molecule has 0 atom stereocenters. The molecule has 0 aliphatic carbocycles. The van der Waals surface area contributed by atoms with Gasteiger partial charge in [-0.15, -0.1) is 0 Å². The molecule has 0 unspecified atom stereocenters. The van der Waals surface area contributed by atoms with E-state index in [2.05, 4.69) is 16.2 Å². The van der Waals surface area contributed by atoms with E-state index in [1.807, 2.05) is 30.3 Å². The van der Waals surface area contributed by atoms with Crippen LogP contribution in [0, 0.1) is 12.8 Å². The summed E-state index contributed by atoms with van der Waals surface area (Å²) in [4.78, 5) is 38.1. The summed E-state index contributed by atoms with van der Waals surface area (Å²) in [5.41, 5.74) is 6.20. The summed E-state index contributed by atoms with van der Waals surface area (Å²) in [5, 5.41) is 2.95. The standard InChI is InChI=1S/C20H24N4O4/c1-14-17(9-12-28-14)19(26)22-23-20(27)24-10-7-16(8-11-24)18(25)21-13-15-5-3-2-4-6-15/h2-6,9,12,16H,7-8,10-11,13H2,1H3,(H,21,25)(H,22,26)(H,23,27). The Bertz CT molecular complexity index is 826. The van der Waals surface area contributed by atoms with Crippen molar-refractivity contribution in [3.8, 4) is 0 Å². The van der Waals surface area contributed by atoms with Crippen molar-refractivity contribution in [1.29, 1.82) is 0 Å². The number of nitrogens with one attached hydrogen (secondary N) is 3. The minimum atomic E-state index is -0.435. The Morgan fingerprint density at radius 1 is 1.07 bits per heavy atom. The molecule has 4 amide bonds. The number of furan rings is 1. The van der Waals surface area contributed by atoms with Crippen LogP contribution in [0.4, 0.5) is 4.79 Å². The van der Waals surface area contributed by atoms with Gasteiger partial charge in [-0.3, -0.25) is 15.0 Å². The van der Waals surface area contributed by atoms with Gasteiger partial charge in [0.1, 0.15) is 5.76 Å². The van der Waals surface area contributed by atoms with E-state index in [1.54, 1.807) is 11.8 Å². The number of hydrogen-bond donors (Lipinski definition) is 3. The molecule has 28 heavy (non-hydrogen) atoms. The molecule has 1 aliphatic heterocycles. The second-order valence-electron chi connectivity index (χ2n) is 6.74. The first-order valence-corrected chi connectivity index (χ1v) is 9.25. The Balaban J connectivity index is 1.39. The Morgan fingerprint density at radius 3 is 2.43 bits per heavy atom. The number of amides is 4. The molecule has 2 heterocycles. The lowest BCUT2D eigenvalue weighted by molar-refractivity contribution is -0.126. The minimum Gasteiger partial charge on any atom is -0.469 e. The lowest BCUT2D eigenvalue weighted by Gasteiger charge is -2.31. The van der Waals surface area contributed by atoms with Gasteiger partial charge < -0.3 is 14.6 Å². The molecule has 1 saturated heterocycles. The highest BCUT2D eigenvalue weighted by Gasteiger charge is 2.27. The largest absolute Gasteiger partial charge is 0.469 e. The van der Waals surface area contributed by atoms with Gasteiger partial charge in [0.25, 0.3) is 5.91 Å². The molecule has 0 spiro atoms. The normalized spacial score (nSPS) is 14.4. The zero-order chi connectivity index (χ0) is 19.9. The number of carbonyl (C=O) groups excluding carboxylic acids is 3. The van der Waals surface area contributed by atoms with Gasteiger partial charge in [-0.25, -0.2) is 10.2 Å². The van der Waals surface area contributed by atoms with Gasteiger partial charge in [-0.05, 0) is 31.4 Å². The van der Waals surface area contributed by atoms with Gasteiger partial charge in [0.05, 0.1) is 11.8 Å². The molecule has 1 fully saturated rings. The van der Waals surface area contributed by atoms with Crippen LogP contribution in [0.15, 0.2) is 47.1 Å². The average Bonchev–Trinajstić information content (AvgIpc) is 3.17. The third-order valence-electron chi connectivity index (χ3n) is 4.85. The molecule has 0 saturated carbocycles. The van der Waals surface area contributed by atoms with E-state index < -0.39 is 11.9 Å². The van der Waals surface area contributed by atoms with Crippen LogP contribution in [-0.2, 0) is 11.3 Å². The van der Waals surface area contributed by atoms with Crippen molar-refractivity contribution >= 4 is 17.8 Å². The summed E-state index contributed by atoms with van der Waals surface area (Å²) >= 11 is 0. The second-order valence-corrected chi connectivity index (χ2v) is 6.74. The van der Waals surface area contributed by atoms with Crippen molar-refractivity contribution in [2.75, 3.05) is 13.1 Å². The van der Waals surface area contributed by atoms with Crippen LogP contribution in [0.1, 0.15) is 34.5 Å². The van der Waals surface area contributed by atoms with E-state index in [4.69, 9.17) is 4.42 Å². The van der Waals surface area contributed by atoms with Crippen LogP contribution < -0.4 is 16.2 Å².